The molecule has 47 heavy (non-hydrogen) atoms. The van der Waals surface area contributed by atoms with Gasteiger partial charge in [-0.05, 0) is 74.9 Å². The predicted octanol–water partition coefficient (Wildman–Crippen LogP) is -2.53. The van der Waals surface area contributed by atoms with Crippen molar-refractivity contribution in [3.63, 3.8) is 0 Å². The number of benzene rings is 3. The van der Waals surface area contributed by atoms with Crippen LogP contribution in [0.25, 0.3) is 10.8 Å². The summed E-state index contributed by atoms with van der Waals surface area (Å²) in [6.07, 6.45) is 8.32. The summed E-state index contributed by atoms with van der Waals surface area (Å²) in [5.74, 6) is -1.34. The van der Waals surface area contributed by atoms with Gasteiger partial charge in [-0.3, -0.25) is 9.69 Å². The second-order valence-corrected chi connectivity index (χ2v) is 13.9. The van der Waals surface area contributed by atoms with Crippen LogP contribution in [0.15, 0.2) is 88.8 Å². The summed E-state index contributed by atoms with van der Waals surface area (Å²) in [5.41, 5.74) is 1.64. The van der Waals surface area contributed by atoms with Gasteiger partial charge in [0.15, 0.2) is 5.71 Å². The standard InChI is InChI=1S/C32H34N2O9S2.2Na/c1-22(35)33(23-12-6-4-7-13-23)18-11-9-14-29-32(2,3)31-26-20-24(44(38,39)40)21-28(45(41,42)43)25(26)16-17-27(31)34(29)19-10-5-8-15-30(36)37;;/h4,6-7,9,11-14,16-18,20-21H,5,8,10,15,19H2,1-3H3,(H2-,36,37,38,39,40,41,42,43);;/q;2*+1/p-2. The number of carboxylic acid groups (broad SMARTS) is 1. The fourth-order valence-corrected chi connectivity index (χ4v) is 7.01. The van der Waals surface area contributed by atoms with Gasteiger partial charge in [-0.15, -0.1) is 0 Å². The molecule has 15 heteroatoms. The van der Waals surface area contributed by atoms with Crippen LogP contribution in [0.4, 0.5) is 11.4 Å². The van der Waals surface area contributed by atoms with E-state index in [4.69, 9.17) is 0 Å². The Hall–Kier alpha value is -2.17. The third kappa shape index (κ3) is 9.50. The van der Waals surface area contributed by atoms with E-state index in [9.17, 15) is 40.6 Å². The SMILES string of the molecule is CC(=O)N(/C=C/C=C/C1=[N+](CCCCCC(=O)[O-])c2ccc3c(S(=O)(=O)[O-])cc(S(=O)(=O)[O-])cc3c2C1(C)C)c1ccccc1.[Na+].[Na+]. The monoisotopic (exact) mass is 698 g/mol. The van der Waals surface area contributed by atoms with Gasteiger partial charge in [-0.25, -0.2) is 16.8 Å². The number of fused-ring (bicyclic) bond motifs is 3. The van der Waals surface area contributed by atoms with Crippen LogP contribution in [0.3, 0.4) is 0 Å². The number of hydrogen-bond donors (Lipinski definition) is 0. The van der Waals surface area contributed by atoms with Crippen molar-refractivity contribution < 1.29 is 104 Å². The number of amides is 1. The van der Waals surface area contributed by atoms with E-state index >= 15 is 0 Å². The molecule has 3 aromatic rings. The summed E-state index contributed by atoms with van der Waals surface area (Å²) >= 11 is 0. The maximum absolute atomic E-state index is 12.3. The van der Waals surface area contributed by atoms with Gasteiger partial charge in [0.2, 0.25) is 11.6 Å². The number of para-hydroxylation sites is 1. The van der Waals surface area contributed by atoms with Crippen LogP contribution in [-0.2, 0) is 35.2 Å². The minimum atomic E-state index is -5.16. The van der Waals surface area contributed by atoms with E-state index in [1.165, 1.54) is 17.9 Å². The summed E-state index contributed by atoms with van der Waals surface area (Å²) in [7, 11) is -10.3. The first kappa shape index (κ1) is 41.0. The van der Waals surface area contributed by atoms with Crippen molar-refractivity contribution in [3.05, 3.63) is 84.6 Å². The van der Waals surface area contributed by atoms with Gasteiger partial charge in [0.25, 0.3) is 0 Å². The van der Waals surface area contributed by atoms with Crippen molar-refractivity contribution in [2.45, 2.75) is 61.7 Å². The Bertz CT molecular complexity index is 1970. The molecule has 1 amide bonds. The molecule has 0 aliphatic carbocycles. The number of unbranched alkanes of at least 4 members (excludes halogenated alkanes) is 2. The number of carbonyl (C=O) groups is 2. The Labute approximate surface area is 319 Å². The first-order chi connectivity index (χ1) is 21.0. The Balaban J connectivity index is 0.00000384. The molecule has 4 rings (SSSR count). The molecule has 0 fully saturated rings. The van der Waals surface area contributed by atoms with Crippen molar-refractivity contribution in [3.8, 4) is 0 Å². The van der Waals surface area contributed by atoms with Gasteiger partial charge in [0.05, 0.1) is 15.2 Å². The largest absolute Gasteiger partial charge is 1.00 e. The molecule has 0 bridgehead atoms. The molecule has 0 unspecified atom stereocenters. The van der Waals surface area contributed by atoms with Crippen LogP contribution in [0.5, 0.6) is 0 Å². The molecule has 0 radical (unpaired) electrons. The Morgan fingerprint density at radius 3 is 2.11 bits per heavy atom. The summed E-state index contributed by atoms with van der Waals surface area (Å²) in [5, 5.41) is 11.0. The molecular formula is C32H32N2Na2O9S2. The average molecular weight is 699 g/mol. The molecule has 0 N–H and O–H groups in total. The second-order valence-electron chi connectivity index (χ2n) is 11.2. The third-order valence-corrected chi connectivity index (χ3v) is 9.38. The summed E-state index contributed by atoms with van der Waals surface area (Å²) in [6.45, 7) is 5.56. The molecule has 238 valence electrons. The van der Waals surface area contributed by atoms with Gasteiger partial charge in [0, 0.05) is 54.3 Å². The van der Waals surface area contributed by atoms with E-state index in [1.54, 1.807) is 36.6 Å². The van der Waals surface area contributed by atoms with Crippen molar-refractivity contribution in [2.24, 2.45) is 0 Å². The Kier molecular flexibility index (Phi) is 14.4. The smallest absolute Gasteiger partial charge is 0.744 e. The normalized spacial score (nSPS) is 14.2. The molecule has 0 saturated heterocycles. The maximum atomic E-state index is 12.3. The van der Waals surface area contributed by atoms with Crippen molar-refractivity contribution >= 4 is 60.0 Å². The van der Waals surface area contributed by atoms with Crippen LogP contribution in [-0.4, -0.2) is 54.6 Å². The van der Waals surface area contributed by atoms with E-state index in [0.29, 0.717) is 48.8 Å². The number of carboxylic acids is 1. The van der Waals surface area contributed by atoms with E-state index < -0.39 is 41.4 Å². The zero-order valence-corrected chi connectivity index (χ0v) is 32.6. The molecule has 3 aromatic carbocycles. The zero-order valence-electron chi connectivity index (χ0n) is 26.9. The van der Waals surface area contributed by atoms with Crippen LogP contribution in [0.1, 0.15) is 52.0 Å². The third-order valence-electron chi connectivity index (χ3n) is 7.69. The predicted molar refractivity (Wildman–Crippen MR) is 164 cm³/mol. The van der Waals surface area contributed by atoms with Gasteiger partial charge in [-0.1, -0.05) is 24.3 Å². The fraction of sp³-hybridized carbons (Fsp3) is 0.281. The van der Waals surface area contributed by atoms with Crippen molar-refractivity contribution in [1.82, 2.24) is 0 Å². The topological polar surface area (TPSA) is 178 Å². The molecule has 1 aliphatic heterocycles. The molecule has 11 nitrogen and oxygen atoms in total. The Morgan fingerprint density at radius 2 is 1.53 bits per heavy atom. The van der Waals surface area contributed by atoms with Crippen molar-refractivity contribution in [1.29, 1.82) is 0 Å². The summed E-state index contributed by atoms with van der Waals surface area (Å²) < 4.78 is 74.6. The number of rotatable bonds is 12. The van der Waals surface area contributed by atoms with E-state index in [0.717, 1.165) is 11.8 Å². The number of nitrogens with zero attached hydrogens (tertiary/aromatic N) is 2. The second kappa shape index (κ2) is 16.5. The van der Waals surface area contributed by atoms with E-state index in [-0.39, 0.29) is 82.2 Å². The van der Waals surface area contributed by atoms with Gasteiger partial charge in [-0.2, -0.15) is 4.58 Å². The van der Waals surface area contributed by atoms with Crippen molar-refractivity contribution in [2.75, 3.05) is 11.4 Å². The van der Waals surface area contributed by atoms with Crippen LogP contribution in [0, 0.1) is 0 Å². The van der Waals surface area contributed by atoms with Gasteiger partial charge in [0.1, 0.15) is 26.8 Å². The molecule has 1 aliphatic rings. The van der Waals surface area contributed by atoms with Crippen LogP contribution >= 0.6 is 0 Å². The number of anilines is 1. The van der Waals surface area contributed by atoms with Crippen LogP contribution < -0.4 is 69.1 Å². The molecule has 0 saturated carbocycles. The van der Waals surface area contributed by atoms with E-state index in [2.05, 4.69) is 0 Å². The molecule has 1 heterocycles. The molecule has 0 aromatic heterocycles. The number of allylic oxidation sites excluding steroid dienone is 3. The first-order valence-corrected chi connectivity index (χ1v) is 16.9. The molecular weight excluding hydrogens is 666 g/mol. The quantitative estimate of drug-likeness (QED) is 0.0649. The minimum absolute atomic E-state index is 0. The summed E-state index contributed by atoms with van der Waals surface area (Å²) in [6, 6.07) is 13.8. The number of hydrogen-bond acceptors (Lipinski definition) is 9. The molecule has 0 atom stereocenters. The zero-order chi connectivity index (χ0) is 33.2. The summed E-state index contributed by atoms with van der Waals surface area (Å²) in [4.78, 5) is 23.0. The van der Waals surface area contributed by atoms with Gasteiger partial charge >= 0.3 is 59.1 Å². The molecule has 0 spiro atoms. The maximum Gasteiger partial charge on any atom is 1.00 e. The number of carbonyl (C=O) groups excluding carboxylic acids is 2. The van der Waals surface area contributed by atoms with Gasteiger partial charge < -0.3 is 19.0 Å². The van der Waals surface area contributed by atoms with Crippen LogP contribution in [0.2, 0.25) is 0 Å². The minimum Gasteiger partial charge on any atom is -0.744 e. The first-order valence-electron chi connectivity index (χ1n) is 14.1. The fourth-order valence-electron chi connectivity index (χ4n) is 5.69. The average Bonchev–Trinajstić information content (AvgIpc) is 3.16. The Morgan fingerprint density at radius 1 is 0.872 bits per heavy atom. The van der Waals surface area contributed by atoms with E-state index in [1.807, 2.05) is 42.7 Å². The number of aliphatic carboxylic acids is 1.